The average Bonchev–Trinajstić information content (AvgIpc) is 2.43. The van der Waals surface area contributed by atoms with Crippen LogP contribution in [0.5, 0.6) is 0 Å². The molecular weight excluding hydrogens is 238 g/mol. The van der Waals surface area contributed by atoms with Gasteiger partial charge in [0.2, 0.25) is 5.91 Å². The number of carbonyl (C=O) groups is 1. The summed E-state index contributed by atoms with van der Waals surface area (Å²) in [7, 11) is 1.83. The number of amides is 1. The second-order valence-corrected chi connectivity index (χ2v) is 4.81. The summed E-state index contributed by atoms with van der Waals surface area (Å²) < 4.78 is 0. The molecule has 0 saturated carbocycles. The minimum Gasteiger partial charge on any atom is -0.362 e. The molecule has 19 heavy (non-hydrogen) atoms. The minimum atomic E-state index is 0.139. The number of benzene rings is 1. The molecule has 0 heterocycles. The SMILES string of the molecule is CCN(C)C(=O)CN(CCCN)c1ccc(C)cc1. The lowest BCUT2D eigenvalue weighted by Crippen LogP contribution is -2.39. The minimum absolute atomic E-state index is 0.139. The van der Waals surface area contributed by atoms with E-state index in [-0.39, 0.29) is 5.91 Å². The molecule has 0 atom stereocenters. The lowest BCUT2D eigenvalue weighted by Gasteiger charge is -2.26. The topological polar surface area (TPSA) is 49.6 Å². The van der Waals surface area contributed by atoms with Crippen LogP contribution in [0.25, 0.3) is 0 Å². The van der Waals surface area contributed by atoms with Crippen molar-refractivity contribution < 1.29 is 4.79 Å². The zero-order valence-electron chi connectivity index (χ0n) is 12.2. The van der Waals surface area contributed by atoms with Crippen molar-refractivity contribution in [3.8, 4) is 0 Å². The highest BCUT2D eigenvalue weighted by Gasteiger charge is 2.13. The summed E-state index contributed by atoms with van der Waals surface area (Å²) >= 11 is 0. The summed E-state index contributed by atoms with van der Waals surface area (Å²) in [6.07, 6.45) is 0.886. The van der Waals surface area contributed by atoms with Crippen LogP contribution in [0.3, 0.4) is 0 Å². The highest BCUT2D eigenvalue weighted by Crippen LogP contribution is 2.15. The fourth-order valence-corrected chi connectivity index (χ4v) is 1.80. The van der Waals surface area contributed by atoms with Crippen LogP contribution < -0.4 is 10.6 Å². The first-order chi connectivity index (χ1) is 9.08. The second kappa shape index (κ2) is 7.79. The van der Waals surface area contributed by atoms with Crippen LogP contribution in [0, 0.1) is 6.92 Å². The molecule has 0 bridgehead atoms. The normalized spacial score (nSPS) is 10.3. The van der Waals surface area contributed by atoms with Crippen LogP contribution in [0.15, 0.2) is 24.3 Å². The van der Waals surface area contributed by atoms with Crippen molar-refractivity contribution in [2.24, 2.45) is 5.73 Å². The van der Waals surface area contributed by atoms with Crippen molar-refractivity contribution in [3.63, 3.8) is 0 Å². The molecule has 1 aromatic carbocycles. The van der Waals surface area contributed by atoms with Crippen molar-refractivity contribution in [2.45, 2.75) is 20.3 Å². The third kappa shape index (κ3) is 4.91. The Hall–Kier alpha value is -1.55. The Morgan fingerprint density at radius 2 is 1.89 bits per heavy atom. The number of hydrogen-bond acceptors (Lipinski definition) is 3. The van der Waals surface area contributed by atoms with Gasteiger partial charge in [0, 0.05) is 25.8 Å². The molecule has 0 spiro atoms. The van der Waals surface area contributed by atoms with E-state index in [0.29, 0.717) is 13.1 Å². The standard InChI is InChI=1S/C15H25N3O/c1-4-17(3)15(19)12-18(11-5-10-16)14-8-6-13(2)7-9-14/h6-9H,4-5,10-12,16H2,1-3H3. The van der Waals surface area contributed by atoms with Crippen LogP contribution >= 0.6 is 0 Å². The van der Waals surface area contributed by atoms with E-state index in [4.69, 9.17) is 5.73 Å². The van der Waals surface area contributed by atoms with Crippen LogP contribution in [0.2, 0.25) is 0 Å². The molecule has 1 aromatic rings. The largest absolute Gasteiger partial charge is 0.362 e. The van der Waals surface area contributed by atoms with Gasteiger partial charge in [-0.3, -0.25) is 4.79 Å². The van der Waals surface area contributed by atoms with Crippen molar-refractivity contribution in [1.29, 1.82) is 0 Å². The van der Waals surface area contributed by atoms with E-state index >= 15 is 0 Å². The Labute approximate surface area is 116 Å². The van der Waals surface area contributed by atoms with Gasteiger partial charge in [0.15, 0.2) is 0 Å². The maximum Gasteiger partial charge on any atom is 0.241 e. The number of nitrogens with zero attached hydrogens (tertiary/aromatic N) is 2. The maximum absolute atomic E-state index is 12.0. The second-order valence-electron chi connectivity index (χ2n) is 4.81. The average molecular weight is 263 g/mol. The quantitative estimate of drug-likeness (QED) is 0.813. The van der Waals surface area contributed by atoms with Gasteiger partial charge in [-0.05, 0) is 38.9 Å². The summed E-state index contributed by atoms with van der Waals surface area (Å²) in [5.74, 6) is 0.139. The molecule has 4 nitrogen and oxygen atoms in total. The molecular formula is C15H25N3O. The van der Waals surface area contributed by atoms with Gasteiger partial charge >= 0.3 is 0 Å². The van der Waals surface area contributed by atoms with Crippen LogP contribution in [-0.2, 0) is 4.79 Å². The molecule has 0 unspecified atom stereocenters. The molecule has 0 radical (unpaired) electrons. The van der Waals surface area contributed by atoms with Crippen molar-refractivity contribution >= 4 is 11.6 Å². The maximum atomic E-state index is 12.0. The number of nitrogens with two attached hydrogens (primary N) is 1. The summed E-state index contributed by atoms with van der Waals surface area (Å²) in [6, 6.07) is 8.26. The zero-order valence-corrected chi connectivity index (χ0v) is 12.2. The Balaban J connectivity index is 2.76. The predicted molar refractivity (Wildman–Crippen MR) is 80.4 cm³/mol. The molecule has 0 aromatic heterocycles. The first-order valence-electron chi connectivity index (χ1n) is 6.84. The number of aryl methyl sites for hydroxylation is 1. The molecule has 4 heteroatoms. The van der Waals surface area contributed by atoms with Gasteiger partial charge in [-0.25, -0.2) is 0 Å². The summed E-state index contributed by atoms with van der Waals surface area (Å²) in [6.45, 7) is 6.63. The molecule has 0 fully saturated rings. The fraction of sp³-hybridized carbons (Fsp3) is 0.533. The molecule has 2 N–H and O–H groups in total. The van der Waals surface area contributed by atoms with Crippen LogP contribution in [0.4, 0.5) is 5.69 Å². The van der Waals surface area contributed by atoms with Crippen molar-refractivity contribution in [1.82, 2.24) is 4.90 Å². The molecule has 0 aliphatic carbocycles. The Bertz CT molecular complexity index is 389. The van der Waals surface area contributed by atoms with E-state index in [1.54, 1.807) is 4.90 Å². The van der Waals surface area contributed by atoms with Gasteiger partial charge in [-0.15, -0.1) is 0 Å². The third-order valence-corrected chi connectivity index (χ3v) is 3.26. The van der Waals surface area contributed by atoms with E-state index in [9.17, 15) is 4.79 Å². The van der Waals surface area contributed by atoms with Gasteiger partial charge in [0.05, 0.1) is 6.54 Å². The third-order valence-electron chi connectivity index (χ3n) is 3.26. The van der Waals surface area contributed by atoms with E-state index in [2.05, 4.69) is 36.1 Å². The Morgan fingerprint density at radius 1 is 1.26 bits per heavy atom. The Kier molecular flexibility index (Phi) is 6.36. The van der Waals surface area contributed by atoms with E-state index in [1.807, 2.05) is 14.0 Å². The number of carbonyl (C=O) groups excluding carboxylic acids is 1. The lowest BCUT2D eigenvalue weighted by atomic mass is 10.2. The first kappa shape index (κ1) is 15.5. The predicted octanol–water partition coefficient (Wildman–Crippen LogP) is 1.63. The molecule has 106 valence electrons. The number of rotatable bonds is 7. The van der Waals surface area contributed by atoms with E-state index in [0.717, 1.165) is 25.2 Å². The summed E-state index contributed by atoms with van der Waals surface area (Å²) in [5, 5.41) is 0. The highest BCUT2D eigenvalue weighted by atomic mass is 16.2. The lowest BCUT2D eigenvalue weighted by molar-refractivity contribution is -0.128. The van der Waals surface area contributed by atoms with Gasteiger partial charge in [0.25, 0.3) is 0 Å². The first-order valence-corrected chi connectivity index (χ1v) is 6.84. The van der Waals surface area contributed by atoms with Crippen LogP contribution in [-0.4, -0.2) is 44.0 Å². The van der Waals surface area contributed by atoms with E-state index in [1.165, 1.54) is 5.56 Å². The fourth-order valence-electron chi connectivity index (χ4n) is 1.80. The van der Waals surface area contributed by atoms with E-state index < -0.39 is 0 Å². The molecule has 0 aliphatic heterocycles. The number of hydrogen-bond donors (Lipinski definition) is 1. The monoisotopic (exact) mass is 263 g/mol. The van der Waals surface area contributed by atoms with Gasteiger partial charge < -0.3 is 15.5 Å². The van der Waals surface area contributed by atoms with Crippen LogP contribution in [0.1, 0.15) is 18.9 Å². The molecule has 1 rings (SSSR count). The van der Waals surface area contributed by atoms with Gasteiger partial charge in [-0.2, -0.15) is 0 Å². The smallest absolute Gasteiger partial charge is 0.241 e. The van der Waals surface area contributed by atoms with Crippen molar-refractivity contribution in [3.05, 3.63) is 29.8 Å². The van der Waals surface area contributed by atoms with Gasteiger partial charge in [0.1, 0.15) is 0 Å². The summed E-state index contributed by atoms with van der Waals surface area (Å²) in [5.41, 5.74) is 7.88. The van der Waals surface area contributed by atoms with Crippen molar-refractivity contribution in [2.75, 3.05) is 38.1 Å². The van der Waals surface area contributed by atoms with Gasteiger partial charge in [-0.1, -0.05) is 17.7 Å². The zero-order chi connectivity index (χ0) is 14.3. The molecule has 1 amide bonds. The number of anilines is 1. The Morgan fingerprint density at radius 3 is 2.42 bits per heavy atom. The molecule has 0 aliphatic rings. The highest BCUT2D eigenvalue weighted by molar-refractivity contribution is 5.81. The summed E-state index contributed by atoms with van der Waals surface area (Å²) in [4.78, 5) is 15.9. The molecule has 0 saturated heterocycles. The number of likely N-dealkylation sites (N-methyl/N-ethyl adjacent to an activating group) is 1.